The fraction of sp³-hybridized carbons (Fsp3) is 0.100. The number of hydrogen-bond acceptors (Lipinski definition) is 4. The Bertz CT molecular complexity index is 612. The van der Waals surface area contributed by atoms with E-state index >= 15 is 0 Å². The summed E-state index contributed by atoms with van der Waals surface area (Å²) >= 11 is 0. The molecule has 0 unspecified atom stereocenters. The number of nitrogens with zero attached hydrogens (tertiary/aromatic N) is 2. The van der Waals surface area contributed by atoms with Crippen molar-refractivity contribution in [3.8, 4) is 0 Å². The van der Waals surface area contributed by atoms with Crippen LogP contribution in [0.5, 0.6) is 0 Å². The maximum absolute atomic E-state index is 10.2. The van der Waals surface area contributed by atoms with Gasteiger partial charge in [-0.05, 0) is 17.7 Å². The van der Waals surface area contributed by atoms with Crippen molar-refractivity contribution >= 4 is 21.4 Å². The first-order valence-corrected chi connectivity index (χ1v) is 5.39. The Hall–Kier alpha value is -1.75. The highest BCUT2D eigenvalue weighted by molar-refractivity contribution is 7.61. The van der Waals surface area contributed by atoms with E-state index in [0.29, 0.717) is 0 Å². The minimum absolute atomic E-state index is 0.147. The Morgan fingerprint density at radius 1 is 1.27 bits per heavy atom. The van der Waals surface area contributed by atoms with Crippen molar-refractivity contribution in [1.82, 2.24) is 4.98 Å². The molecule has 4 nitrogen and oxygen atoms in total. The first kappa shape index (κ1) is 9.79. The monoisotopic (exact) mass is 220 g/mol. The van der Waals surface area contributed by atoms with Gasteiger partial charge >= 0.3 is 10.5 Å². The molecule has 0 bridgehead atoms. The summed E-state index contributed by atoms with van der Waals surface area (Å²) in [7, 11) is -2.35. The molecule has 1 aromatic heterocycles. The van der Waals surface area contributed by atoms with E-state index < -0.39 is 10.5 Å². The summed E-state index contributed by atoms with van der Waals surface area (Å²) in [5.74, 6) is 0. The molecule has 15 heavy (non-hydrogen) atoms. The lowest BCUT2D eigenvalue weighted by Crippen LogP contribution is -1.85. The average molecular weight is 220 g/mol. The van der Waals surface area contributed by atoms with Gasteiger partial charge in [0.15, 0.2) is 0 Å². The molecule has 0 atom stereocenters. The van der Waals surface area contributed by atoms with E-state index in [2.05, 4.69) is 9.35 Å². The minimum Gasteiger partial charge on any atom is -0.256 e. The Morgan fingerprint density at radius 2 is 2.07 bits per heavy atom. The second kappa shape index (κ2) is 4.18. The van der Waals surface area contributed by atoms with Gasteiger partial charge in [0.05, 0.1) is 12.1 Å². The van der Waals surface area contributed by atoms with Gasteiger partial charge in [-0.3, -0.25) is 4.98 Å². The predicted molar refractivity (Wildman–Crippen MR) is 56.8 cm³/mol. The van der Waals surface area contributed by atoms with Gasteiger partial charge in [-0.25, -0.2) is 0 Å². The molecule has 0 aliphatic rings. The molecule has 0 spiro atoms. The molecule has 0 saturated carbocycles. The van der Waals surface area contributed by atoms with E-state index in [1.54, 1.807) is 6.20 Å². The van der Waals surface area contributed by atoms with E-state index in [4.69, 9.17) is 0 Å². The third kappa shape index (κ3) is 2.38. The zero-order valence-corrected chi connectivity index (χ0v) is 8.61. The summed E-state index contributed by atoms with van der Waals surface area (Å²) in [5, 5.41) is 0.988. The number of para-hydroxylation sites is 1. The minimum atomic E-state index is -2.35. The van der Waals surface area contributed by atoms with Crippen LogP contribution in [0, 0.1) is 0 Å². The highest BCUT2D eigenvalue weighted by atomic mass is 32.2. The Kier molecular flexibility index (Phi) is 2.73. The molecule has 1 aromatic carbocycles. The van der Waals surface area contributed by atoms with Gasteiger partial charge < -0.3 is 0 Å². The van der Waals surface area contributed by atoms with Gasteiger partial charge in [0.2, 0.25) is 0 Å². The zero-order valence-electron chi connectivity index (χ0n) is 7.79. The Balaban J connectivity index is 2.43. The molecule has 0 radical (unpaired) electrons. The summed E-state index contributed by atoms with van der Waals surface area (Å²) in [6, 6.07) is 9.55. The van der Waals surface area contributed by atoms with E-state index in [1.165, 1.54) is 0 Å². The molecule has 2 aromatic rings. The SMILES string of the molecule is O=S(=O)=NCc1cnc2ccccc2c1. The third-order valence-corrected chi connectivity index (χ3v) is 2.34. The first-order valence-electron chi connectivity index (χ1n) is 4.36. The molecule has 5 heteroatoms. The smallest absolute Gasteiger partial charge is 0.256 e. The van der Waals surface area contributed by atoms with Crippen LogP contribution in [0.15, 0.2) is 40.9 Å². The van der Waals surface area contributed by atoms with Crippen molar-refractivity contribution in [3.05, 3.63) is 42.1 Å². The molecule has 0 N–H and O–H groups in total. The topological polar surface area (TPSA) is 59.4 Å². The van der Waals surface area contributed by atoms with Gasteiger partial charge in [-0.15, -0.1) is 0 Å². The molecule has 0 fully saturated rings. The van der Waals surface area contributed by atoms with Crippen LogP contribution in [-0.4, -0.2) is 13.4 Å². The van der Waals surface area contributed by atoms with Crippen LogP contribution in [-0.2, 0) is 17.0 Å². The fourth-order valence-electron chi connectivity index (χ4n) is 1.33. The van der Waals surface area contributed by atoms with E-state index in [0.717, 1.165) is 16.5 Å². The molecule has 0 saturated heterocycles. The maximum atomic E-state index is 10.2. The predicted octanol–water partition coefficient (Wildman–Crippen LogP) is 1.80. The van der Waals surface area contributed by atoms with Crippen LogP contribution < -0.4 is 0 Å². The van der Waals surface area contributed by atoms with Crippen LogP contribution >= 0.6 is 0 Å². The van der Waals surface area contributed by atoms with Crippen molar-refractivity contribution in [2.24, 2.45) is 4.36 Å². The van der Waals surface area contributed by atoms with E-state index in [1.807, 2.05) is 30.3 Å². The standard InChI is InChI=1S/C10H8N2O2S/c13-15(14)12-7-8-5-9-3-1-2-4-10(9)11-6-8/h1-6H,7H2. The Morgan fingerprint density at radius 3 is 2.87 bits per heavy atom. The quantitative estimate of drug-likeness (QED) is 0.775. The van der Waals surface area contributed by atoms with Gasteiger partial charge in [-0.1, -0.05) is 18.2 Å². The molecule has 0 aliphatic carbocycles. The summed E-state index contributed by atoms with van der Waals surface area (Å²) in [4.78, 5) is 4.20. The molecule has 0 aliphatic heterocycles. The number of fused-ring (bicyclic) bond motifs is 1. The first-order chi connectivity index (χ1) is 7.25. The molecule has 76 valence electrons. The Labute approximate surface area is 88.3 Å². The highest BCUT2D eigenvalue weighted by Crippen LogP contribution is 2.12. The summed E-state index contributed by atoms with van der Waals surface area (Å²) < 4.78 is 23.9. The molecule has 1 heterocycles. The lowest BCUT2D eigenvalue weighted by molar-refractivity contribution is 0.620. The van der Waals surface area contributed by atoms with Crippen LogP contribution in [0.1, 0.15) is 5.56 Å². The fourth-order valence-corrected chi connectivity index (χ4v) is 1.58. The number of benzene rings is 1. The largest absolute Gasteiger partial charge is 0.311 e. The van der Waals surface area contributed by atoms with Crippen molar-refractivity contribution in [3.63, 3.8) is 0 Å². The third-order valence-electron chi connectivity index (χ3n) is 2.00. The van der Waals surface area contributed by atoms with Gasteiger partial charge in [0, 0.05) is 11.6 Å². The summed E-state index contributed by atoms with van der Waals surface area (Å²) in [5.41, 5.74) is 1.68. The van der Waals surface area contributed by atoms with Crippen molar-refractivity contribution in [2.75, 3.05) is 0 Å². The zero-order chi connectivity index (χ0) is 10.7. The molecular weight excluding hydrogens is 212 g/mol. The van der Waals surface area contributed by atoms with Crippen LogP contribution in [0.2, 0.25) is 0 Å². The average Bonchev–Trinajstić information content (AvgIpc) is 2.26. The lowest BCUT2D eigenvalue weighted by Gasteiger charge is -1.98. The normalized spacial score (nSPS) is 10.1. The van der Waals surface area contributed by atoms with Gasteiger partial charge in [-0.2, -0.15) is 12.8 Å². The van der Waals surface area contributed by atoms with E-state index in [-0.39, 0.29) is 6.54 Å². The highest BCUT2D eigenvalue weighted by Gasteiger charge is 1.96. The van der Waals surface area contributed by atoms with Crippen molar-refractivity contribution in [2.45, 2.75) is 6.54 Å². The maximum Gasteiger partial charge on any atom is 0.311 e. The van der Waals surface area contributed by atoms with Gasteiger partial charge in [0.25, 0.3) is 0 Å². The van der Waals surface area contributed by atoms with E-state index in [9.17, 15) is 8.42 Å². The summed E-state index contributed by atoms with van der Waals surface area (Å²) in [6.45, 7) is 0.147. The summed E-state index contributed by atoms with van der Waals surface area (Å²) in [6.07, 6.45) is 1.64. The van der Waals surface area contributed by atoms with Crippen LogP contribution in [0.4, 0.5) is 0 Å². The van der Waals surface area contributed by atoms with Crippen LogP contribution in [0.3, 0.4) is 0 Å². The number of hydrogen-bond donors (Lipinski definition) is 0. The number of rotatable bonds is 2. The lowest BCUT2D eigenvalue weighted by atomic mass is 10.2. The second-order valence-electron chi connectivity index (χ2n) is 3.04. The second-order valence-corrected chi connectivity index (χ2v) is 3.73. The van der Waals surface area contributed by atoms with Crippen LogP contribution in [0.25, 0.3) is 10.9 Å². The number of aromatic nitrogens is 1. The molecule has 0 amide bonds. The van der Waals surface area contributed by atoms with Crippen molar-refractivity contribution in [1.29, 1.82) is 0 Å². The molecular formula is C10H8N2O2S. The molecule has 2 rings (SSSR count). The van der Waals surface area contributed by atoms with Gasteiger partial charge in [0.1, 0.15) is 0 Å². The number of pyridine rings is 1. The van der Waals surface area contributed by atoms with Crippen molar-refractivity contribution < 1.29 is 8.42 Å².